The fraction of sp³-hybridized carbons (Fsp3) is 0.320. The standard InChI is InChI=1S/C25H32N6O2/c1-16(23-17(2)29-30-25(24(23)26)31(4)5)28-20-12-11-19(32)15-22(20)33-21(13-14-27-3)18-9-7-6-8-10-18/h6-12,15,21,26-28,32H,13-14H2,1-5H3/b23-16-,26-24?. The largest absolute Gasteiger partial charge is 0.508 e. The molecule has 33 heavy (non-hydrogen) atoms. The lowest BCUT2D eigenvalue weighted by Crippen LogP contribution is -2.35. The van der Waals surface area contributed by atoms with E-state index in [9.17, 15) is 5.11 Å². The predicted molar refractivity (Wildman–Crippen MR) is 135 cm³/mol. The molecule has 1 heterocycles. The number of phenolic OH excluding ortho intramolecular Hbond substituents is 1. The molecule has 0 amide bonds. The van der Waals surface area contributed by atoms with E-state index in [1.54, 1.807) is 23.1 Å². The number of amidine groups is 1. The van der Waals surface area contributed by atoms with Crippen LogP contribution in [0.3, 0.4) is 0 Å². The molecule has 3 rings (SSSR count). The van der Waals surface area contributed by atoms with Gasteiger partial charge in [-0.05, 0) is 45.1 Å². The van der Waals surface area contributed by atoms with E-state index in [2.05, 4.69) is 20.8 Å². The normalized spacial score (nSPS) is 16.0. The van der Waals surface area contributed by atoms with Crippen LogP contribution in [0.2, 0.25) is 0 Å². The molecule has 0 saturated carbocycles. The van der Waals surface area contributed by atoms with Gasteiger partial charge < -0.3 is 25.4 Å². The van der Waals surface area contributed by atoms with Crippen molar-refractivity contribution in [1.29, 1.82) is 5.41 Å². The number of nitrogens with zero attached hydrogens (tertiary/aromatic N) is 3. The van der Waals surface area contributed by atoms with Gasteiger partial charge in [0.15, 0.2) is 5.84 Å². The molecule has 2 aromatic carbocycles. The van der Waals surface area contributed by atoms with Crippen molar-refractivity contribution in [3.63, 3.8) is 0 Å². The SMILES string of the molecule is CNCCC(Oc1cc(O)ccc1N/C(C)=C1\C(=N)C(N(C)C)=NN=C1C)c1ccccc1. The predicted octanol–water partition coefficient (Wildman–Crippen LogP) is 4.18. The molecule has 1 unspecified atom stereocenters. The van der Waals surface area contributed by atoms with Crippen molar-refractivity contribution < 1.29 is 9.84 Å². The van der Waals surface area contributed by atoms with Crippen molar-refractivity contribution in [3.05, 3.63) is 65.4 Å². The number of rotatable bonds is 8. The van der Waals surface area contributed by atoms with E-state index in [0.717, 1.165) is 24.2 Å². The van der Waals surface area contributed by atoms with Gasteiger partial charge in [0.05, 0.1) is 11.4 Å². The molecule has 8 nitrogen and oxygen atoms in total. The van der Waals surface area contributed by atoms with Crippen LogP contribution in [-0.4, -0.2) is 55.0 Å². The van der Waals surface area contributed by atoms with Gasteiger partial charge in [0.2, 0.25) is 0 Å². The third kappa shape index (κ3) is 5.78. The van der Waals surface area contributed by atoms with E-state index in [1.807, 2.05) is 65.3 Å². The summed E-state index contributed by atoms with van der Waals surface area (Å²) in [7, 11) is 5.59. The van der Waals surface area contributed by atoms with Gasteiger partial charge in [-0.25, -0.2) is 0 Å². The topological polar surface area (TPSA) is 105 Å². The lowest BCUT2D eigenvalue weighted by atomic mass is 10.0. The first kappa shape index (κ1) is 24.0. The maximum absolute atomic E-state index is 10.2. The Morgan fingerprint density at radius 1 is 1.15 bits per heavy atom. The zero-order chi connectivity index (χ0) is 24.0. The second-order valence-corrected chi connectivity index (χ2v) is 8.09. The fourth-order valence-electron chi connectivity index (χ4n) is 3.65. The first-order chi connectivity index (χ1) is 15.8. The summed E-state index contributed by atoms with van der Waals surface area (Å²) < 4.78 is 6.41. The van der Waals surface area contributed by atoms with Gasteiger partial charge in [0.1, 0.15) is 23.3 Å². The van der Waals surface area contributed by atoms with Crippen molar-refractivity contribution in [1.82, 2.24) is 10.2 Å². The third-order valence-corrected chi connectivity index (χ3v) is 5.31. The number of anilines is 1. The number of hydrogen-bond donors (Lipinski definition) is 4. The van der Waals surface area contributed by atoms with Crippen molar-refractivity contribution >= 4 is 22.9 Å². The van der Waals surface area contributed by atoms with Gasteiger partial charge in [0.25, 0.3) is 0 Å². The zero-order valence-electron chi connectivity index (χ0n) is 19.8. The molecule has 0 radical (unpaired) electrons. The highest BCUT2D eigenvalue weighted by molar-refractivity contribution is 6.53. The molecule has 174 valence electrons. The van der Waals surface area contributed by atoms with Gasteiger partial charge in [-0.3, -0.25) is 5.41 Å². The summed E-state index contributed by atoms with van der Waals surface area (Å²) in [6, 6.07) is 15.0. The van der Waals surface area contributed by atoms with Crippen molar-refractivity contribution in [3.8, 4) is 11.5 Å². The molecule has 0 aliphatic carbocycles. The molecule has 2 aromatic rings. The maximum atomic E-state index is 10.2. The van der Waals surface area contributed by atoms with E-state index in [1.165, 1.54) is 0 Å². The van der Waals surface area contributed by atoms with Crippen LogP contribution in [-0.2, 0) is 0 Å². The number of hydrogen-bond acceptors (Lipinski definition) is 8. The molecular weight excluding hydrogens is 416 g/mol. The van der Waals surface area contributed by atoms with E-state index in [0.29, 0.717) is 34.3 Å². The van der Waals surface area contributed by atoms with Gasteiger partial charge in [0, 0.05) is 37.9 Å². The highest BCUT2D eigenvalue weighted by Gasteiger charge is 2.24. The summed E-state index contributed by atoms with van der Waals surface area (Å²) in [4.78, 5) is 1.77. The van der Waals surface area contributed by atoms with Crippen LogP contribution in [0.1, 0.15) is 31.9 Å². The second kappa shape index (κ2) is 10.8. The third-order valence-electron chi connectivity index (χ3n) is 5.31. The molecule has 0 spiro atoms. The molecule has 0 aromatic heterocycles. The highest BCUT2D eigenvalue weighted by Crippen LogP contribution is 2.35. The highest BCUT2D eigenvalue weighted by atomic mass is 16.5. The summed E-state index contributed by atoms with van der Waals surface area (Å²) in [5.74, 6) is 1.14. The average Bonchev–Trinajstić information content (AvgIpc) is 2.78. The number of ether oxygens (including phenoxy) is 1. The molecule has 4 N–H and O–H groups in total. The Bertz CT molecular complexity index is 1090. The molecule has 0 fully saturated rings. The number of nitrogens with one attached hydrogen (secondary N) is 3. The van der Waals surface area contributed by atoms with Crippen LogP contribution < -0.4 is 15.4 Å². The molecule has 0 saturated heterocycles. The van der Waals surface area contributed by atoms with Crippen molar-refractivity contribution in [2.45, 2.75) is 26.4 Å². The Balaban J connectivity index is 1.94. The van der Waals surface area contributed by atoms with Crippen LogP contribution in [0.4, 0.5) is 5.69 Å². The molecule has 1 atom stereocenters. The number of phenols is 1. The Morgan fingerprint density at radius 2 is 1.88 bits per heavy atom. The number of aromatic hydroxyl groups is 1. The Hall–Kier alpha value is -3.65. The van der Waals surface area contributed by atoms with Crippen LogP contribution in [0.25, 0.3) is 0 Å². The first-order valence-electron chi connectivity index (χ1n) is 10.9. The second-order valence-electron chi connectivity index (χ2n) is 8.09. The molecule has 1 aliphatic rings. The molecular formula is C25H32N6O2. The minimum atomic E-state index is -0.197. The van der Waals surface area contributed by atoms with Crippen molar-refractivity contribution in [2.75, 3.05) is 33.0 Å². The van der Waals surface area contributed by atoms with Crippen LogP contribution >= 0.6 is 0 Å². The van der Waals surface area contributed by atoms with E-state index >= 15 is 0 Å². The summed E-state index contributed by atoms with van der Waals surface area (Å²) in [6.45, 7) is 4.51. The monoisotopic (exact) mass is 448 g/mol. The molecule has 8 heteroatoms. The van der Waals surface area contributed by atoms with Crippen molar-refractivity contribution in [2.24, 2.45) is 10.2 Å². The van der Waals surface area contributed by atoms with Gasteiger partial charge in [-0.1, -0.05) is 30.3 Å². The minimum Gasteiger partial charge on any atom is -0.508 e. The van der Waals surface area contributed by atoms with Gasteiger partial charge in [-0.15, -0.1) is 5.10 Å². The summed E-state index contributed by atoms with van der Waals surface area (Å²) in [6.07, 6.45) is 0.562. The number of allylic oxidation sites excluding steroid dienone is 1. The van der Waals surface area contributed by atoms with Crippen LogP contribution in [0.15, 0.2) is 70.0 Å². The van der Waals surface area contributed by atoms with Gasteiger partial charge >= 0.3 is 0 Å². The van der Waals surface area contributed by atoms with Crippen LogP contribution in [0, 0.1) is 5.41 Å². The average molecular weight is 449 g/mol. The van der Waals surface area contributed by atoms with E-state index in [-0.39, 0.29) is 11.9 Å². The Labute approximate surface area is 195 Å². The summed E-state index contributed by atoms with van der Waals surface area (Å²) in [5.41, 5.74) is 4.14. The Morgan fingerprint density at radius 3 is 2.55 bits per heavy atom. The minimum absolute atomic E-state index is 0.117. The molecule has 0 bridgehead atoms. The lowest BCUT2D eigenvalue weighted by Gasteiger charge is -2.24. The lowest BCUT2D eigenvalue weighted by molar-refractivity contribution is 0.195. The van der Waals surface area contributed by atoms with E-state index < -0.39 is 0 Å². The smallest absolute Gasteiger partial charge is 0.176 e. The first-order valence-corrected chi connectivity index (χ1v) is 10.9. The van der Waals surface area contributed by atoms with Gasteiger partial charge in [-0.2, -0.15) is 5.10 Å². The Kier molecular flexibility index (Phi) is 7.84. The zero-order valence-corrected chi connectivity index (χ0v) is 19.8. The molecule has 1 aliphatic heterocycles. The summed E-state index contributed by atoms with van der Waals surface area (Å²) in [5, 5.41) is 33.7. The van der Waals surface area contributed by atoms with Crippen LogP contribution in [0.5, 0.6) is 11.5 Å². The maximum Gasteiger partial charge on any atom is 0.176 e. The van der Waals surface area contributed by atoms with E-state index in [4.69, 9.17) is 10.1 Å². The quantitative estimate of drug-likeness (QED) is 0.454. The number of benzene rings is 2. The summed E-state index contributed by atoms with van der Waals surface area (Å²) >= 11 is 0. The fourth-order valence-corrected chi connectivity index (χ4v) is 3.65.